The Bertz CT molecular complexity index is 886. The van der Waals surface area contributed by atoms with Crippen LogP contribution < -0.4 is 5.32 Å². The summed E-state index contributed by atoms with van der Waals surface area (Å²) in [7, 11) is 0. The quantitative estimate of drug-likeness (QED) is 0.778. The van der Waals surface area contributed by atoms with Gasteiger partial charge < -0.3 is 0 Å². The van der Waals surface area contributed by atoms with E-state index in [1.54, 1.807) is 0 Å². The number of fused-ring (bicyclic) bond motifs is 1. The van der Waals surface area contributed by atoms with E-state index in [0.29, 0.717) is 17.2 Å². The molecule has 0 spiro atoms. The summed E-state index contributed by atoms with van der Waals surface area (Å²) in [5.74, 6) is -0.232. The van der Waals surface area contributed by atoms with Crippen LogP contribution in [0.1, 0.15) is 35.1 Å². The van der Waals surface area contributed by atoms with Crippen LogP contribution in [0.2, 0.25) is 0 Å². The first kappa shape index (κ1) is 16.4. The molecule has 24 heavy (non-hydrogen) atoms. The summed E-state index contributed by atoms with van der Waals surface area (Å²) in [5, 5.41) is 14.6. The lowest BCUT2D eigenvalue weighted by atomic mass is 10.1. The number of nitrogens with one attached hydrogen (secondary N) is 1. The minimum Gasteiger partial charge on any atom is -0.296 e. The highest BCUT2D eigenvalue weighted by Gasteiger charge is 2.35. The van der Waals surface area contributed by atoms with Crippen molar-refractivity contribution in [2.24, 2.45) is 0 Å². The second-order valence-corrected chi connectivity index (χ2v) is 5.92. The number of amides is 1. The Labute approximate surface area is 138 Å². The van der Waals surface area contributed by atoms with E-state index in [4.69, 9.17) is 0 Å². The summed E-state index contributed by atoms with van der Waals surface area (Å²) in [4.78, 5) is 12.7. The molecule has 0 unspecified atom stereocenters. The van der Waals surface area contributed by atoms with Crippen LogP contribution in [-0.4, -0.2) is 25.7 Å². The van der Waals surface area contributed by atoms with Crippen LogP contribution in [0, 0.1) is 0 Å². The number of rotatable bonds is 4. The van der Waals surface area contributed by atoms with E-state index in [1.165, 1.54) is 16.6 Å². The van der Waals surface area contributed by atoms with Gasteiger partial charge in [0.1, 0.15) is 0 Å². The summed E-state index contributed by atoms with van der Waals surface area (Å²) in [6.07, 6.45) is -3.10. The minimum absolute atomic E-state index is 0.166. The number of halogens is 3. The van der Waals surface area contributed by atoms with Crippen molar-refractivity contribution >= 4 is 27.3 Å². The molecule has 0 aliphatic carbocycles. The molecule has 0 bridgehead atoms. The van der Waals surface area contributed by atoms with Gasteiger partial charge in [-0.3, -0.25) is 10.1 Å². The van der Waals surface area contributed by atoms with Crippen molar-refractivity contribution in [3.8, 4) is 0 Å². The van der Waals surface area contributed by atoms with Gasteiger partial charge in [0.2, 0.25) is 10.1 Å². The lowest BCUT2D eigenvalue weighted by Gasteiger charge is -2.11. The third-order valence-corrected chi connectivity index (χ3v) is 4.04. The molecule has 1 N–H and O–H groups in total. The summed E-state index contributed by atoms with van der Waals surface area (Å²) in [6, 6.07) is 4.61. The molecular weight excluding hydrogens is 343 g/mol. The van der Waals surface area contributed by atoms with E-state index in [2.05, 4.69) is 20.6 Å². The second kappa shape index (κ2) is 6.19. The number of alkyl halides is 3. The molecule has 10 heteroatoms. The largest absolute Gasteiger partial charge is 0.417 e. The Morgan fingerprint density at radius 1 is 1.29 bits per heavy atom. The number of hydrogen-bond acceptors (Lipinski definition) is 5. The van der Waals surface area contributed by atoms with E-state index >= 15 is 0 Å². The molecule has 1 aromatic carbocycles. The smallest absolute Gasteiger partial charge is 0.296 e. The van der Waals surface area contributed by atoms with Crippen molar-refractivity contribution < 1.29 is 18.0 Å². The Balaban J connectivity index is 1.88. The maximum Gasteiger partial charge on any atom is 0.417 e. The fraction of sp³-hybridized carbons (Fsp3) is 0.286. The van der Waals surface area contributed by atoms with E-state index in [9.17, 15) is 18.0 Å². The van der Waals surface area contributed by atoms with Crippen molar-refractivity contribution in [2.45, 2.75) is 25.9 Å². The molecule has 2 heterocycles. The molecule has 0 fully saturated rings. The maximum absolute atomic E-state index is 13.0. The topological polar surface area (TPSA) is 72.2 Å². The van der Waals surface area contributed by atoms with Crippen molar-refractivity contribution in [3.05, 3.63) is 41.2 Å². The van der Waals surface area contributed by atoms with Crippen LogP contribution in [-0.2, 0) is 12.6 Å². The van der Waals surface area contributed by atoms with Gasteiger partial charge in [-0.25, -0.2) is 0 Å². The third kappa shape index (κ3) is 3.09. The average Bonchev–Trinajstić information content (AvgIpc) is 3.08. The highest BCUT2D eigenvalue weighted by molar-refractivity contribution is 7.20. The van der Waals surface area contributed by atoms with Gasteiger partial charge in [-0.1, -0.05) is 30.4 Å². The summed E-state index contributed by atoms with van der Waals surface area (Å²) >= 11 is 1.05. The molecule has 0 saturated heterocycles. The first-order valence-electron chi connectivity index (χ1n) is 7.09. The molecule has 6 nitrogen and oxygen atoms in total. The highest BCUT2D eigenvalue weighted by Crippen LogP contribution is 2.32. The number of hydrogen-bond donors (Lipinski definition) is 1. The SMILES string of the molecule is CCCc1nnc2sc(NC(=O)c3ccccc3C(F)(F)F)nn12. The van der Waals surface area contributed by atoms with Crippen LogP contribution in [0.25, 0.3) is 4.96 Å². The van der Waals surface area contributed by atoms with Gasteiger partial charge in [0.15, 0.2) is 5.82 Å². The Morgan fingerprint density at radius 2 is 2.04 bits per heavy atom. The van der Waals surface area contributed by atoms with Crippen molar-refractivity contribution in [1.82, 2.24) is 19.8 Å². The fourth-order valence-corrected chi connectivity index (χ4v) is 2.93. The van der Waals surface area contributed by atoms with E-state index in [0.717, 1.165) is 29.9 Å². The van der Waals surface area contributed by atoms with Gasteiger partial charge in [-0.05, 0) is 18.6 Å². The van der Waals surface area contributed by atoms with E-state index in [1.807, 2.05) is 6.92 Å². The number of anilines is 1. The molecule has 3 aromatic rings. The number of carbonyl (C=O) groups is 1. The first-order valence-corrected chi connectivity index (χ1v) is 7.90. The molecule has 0 radical (unpaired) electrons. The molecule has 2 aromatic heterocycles. The van der Waals surface area contributed by atoms with Gasteiger partial charge in [-0.2, -0.15) is 17.7 Å². The molecule has 3 rings (SSSR count). The zero-order valence-corrected chi connectivity index (χ0v) is 13.3. The van der Waals surface area contributed by atoms with Gasteiger partial charge in [-0.15, -0.1) is 15.3 Å². The molecule has 1 amide bonds. The van der Waals surface area contributed by atoms with E-state index < -0.39 is 23.2 Å². The van der Waals surface area contributed by atoms with Crippen molar-refractivity contribution in [2.75, 3.05) is 5.32 Å². The zero-order chi connectivity index (χ0) is 17.3. The molecule has 126 valence electrons. The predicted octanol–water partition coefficient (Wildman–Crippen LogP) is 3.41. The van der Waals surface area contributed by atoms with Crippen LogP contribution >= 0.6 is 11.3 Å². The molecular formula is C14H12F3N5OS. The lowest BCUT2D eigenvalue weighted by Crippen LogP contribution is -2.18. The van der Waals surface area contributed by atoms with Crippen LogP contribution in [0.3, 0.4) is 0 Å². The van der Waals surface area contributed by atoms with Crippen LogP contribution in [0.15, 0.2) is 24.3 Å². The van der Waals surface area contributed by atoms with Crippen LogP contribution in [0.4, 0.5) is 18.3 Å². The third-order valence-electron chi connectivity index (χ3n) is 3.23. The number of nitrogens with zero attached hydrogens (tertiary/aromatic N) is 4. The van der Waals surface area contributed by atoms with Gasteiger partial charge >= 0.3 is 6.18 Å². The van der Waals surface area contributed by atoms with Gasteiger partial charge in [0, 0.05) is 6.42 Å². The Kier molecular flexibility index (Phi) is 4.22. The number of aryl methyl sites for hydroxylation is 1. The monoisotopic (exact) mass is 355 g/mol. The standard InChI is InChI=1S/C14H12F3N5OS/c1-2-5-10-19-20-13-22(10)21-12(24-13)18-11(23)8-6-3-4-7-9(8)14(15,16)17/h3-4,6-7H,2,5H2,1H3,(H,18,21,23). The minimum atomic E-state index is -4.61. The highest BCUT2D eigenvalue weighted by atomic mass is 32.1. The van der Waals surface area contributed by atoms with E-state index in [-0.39, 0.29) is 5.13 Å². The Morgan fingerprint density at radius 3 is 2.75 bits per heavy atom. The molecule has 0 saturated carbocycles. The van der Waals surface area contributed by atoms with Crippen LogP contribution in [0.5, 0.6) is 0 Å². The number of aromatic nitrogens is 4. The predicted molar refractivity (Wildman–Crippen MR) is 82.1 cm³/mol. The number of benzene rings is 1. The lowest BCUT2D eigenvalue weighted by molar-refractivity contribution is -0.137. The first-order chi connectivity index (χ1) is 11.4. The van der Waals surface area contributed by atoms with Gasteiger partial charge in [0.25, 0.3) is 5.91 Å². The Hall–Kier alpha value is -2.49. The zero-order valence-electron chi connectivity index (χ0n) is 12.5. The fourth-order valence-electron chi connectivity index (χ4n) is 2.18. The summed E-state index contributed by atoms with van der Waals surface area (Å²) in [6.45, 7) is 1.98. The summed E-state index contributed by atoms with van der Waals surface area (Å²) in [5.41, 5.74) is -1.44. The maximum atomic E-state index is 13.0. The average molecular weight is 355 g/mol. The number of carbonyl (C=O) groups excluding carboxylic acids is 1. The molecule has 0 aliphatic rings. The van der Waals surface area contributed by atoms with Crippen molar-refractivity contribution in [3.63, 3.8) is 0 Å². The van der Waals surface area contributed by atoms with Crippen molar-refractivity contribution in [1.29, 1.82) is 0 Å². The normalized spacial score (nSPS) is 11.8. The van der Waals surface area contributed by atoms with Gasteiger partial charge in [0.05, 0.1) is 11.1 Å². The molecule has 0 atom stereocenters. The summed E-state index contributed by atoms with van der Waals surface area (Å²) < 4.78 is 40.4. The molecule has 0 aliphatic heterocycles. The second-order valence-electron chi connectivity index (χ2n) is 4.97.